The molecule has 0 radical (unpaired) electrons. The largest absolute Gasteiger partial charge is 0.398 e. The van der Waals surface area contributed by atoms with E-state index in [1.165, 1.54) is 11.3 Å². The van der Waals surface area contributed by atoms with Gasteiger partial charge in [-0.3, -0.25) is 4.68 Å². The molecule has 0 amide bonds. The highest BCUT2D eigenvalue weighted by atomic mass is 35.5. The highest BCUT2D eigenvalue weighted by molar-refractivity contribution is 6.31. The number of nitrogen functional groups attached to an aromatic ring is 1. The topological polar surface area (TPSA) is 47.1 Å². The highest BCUT2D eigenvalue weighted by Gasteiger charge is 2.23. The van der Waals surface area contributed by atoms with Crippen molar-refractivity contribution in [2.75, 3.05) is 17.2 Å². The van der Waals surface area contributed by atoms with Crippen LogP contribution in [-0.2, 0) is 19.5 Å². The van der Waals surface area contributed by atoms with Gasteiger partial charge in [0.2, 0.25) is 0 Å². The minimum absolute atomic E-state index is 0.782. The molecule has 20 heavy (non-hydrogen) atoms. The predicted molar refractivity (Wildman–Crippen MR) is 83.3 cm³/mol. The Morgan fingerprint density at radius 2 is 2.20 bits per heavy atom. The summed E-state index contributed by atoms with van der Waals surface area (Å²) < 4.78 is 1.99. The minimum Gasteiger partial charge on any atom is -0.398 e. The van der Waals surface area contributed by atoms with E-state index in [1.54, 1.807) is 0 Å². The molecule has 2 heterocycles. The fourth-order valence-corrected chi connectivity index (χ4v) is 3.09. The molecule has 0 fully saturated rings. The number of hydrogen-bond acceptors (Lipinski definition) is 3. The Morgan fingerprint density at radius 3 is 2.95 bits per heavy atom. The van der Waals surface area contributed by atoms with Crippen LogP contribution in [0.2, 0.25) is 5.02 Å². The Hall–Kier alpha value is -1.68. The Bertz CT molecular complexity index is 648. The van der Waals surface area contributed by atoms with Gasteiger partial charge in [0.1, 0.15) is 0 Å². The van der Waals surface area contributed by atoms with Crippen LogP contribution in [0.4, 0.5) is 11.4 Å². The SMILES string of the molecule is CCn1nc(C)c(Cl)c1CN1CCc2c(N)cccc21. The number of aromatic nitrogens is 2. The van der Waals surface area contributed by atoms with Gasteiger partial charge in [0.15, 0.2) is 0 Å². The number of rotatable bonds is 3. The second kappa shape index (κ2) is 5.02. The maximum Gasteiger partial charge on any atom is 0.0865 e. The summed E-state index contributed by atoms with van der Waals surface area (Å²) in [5, 5.41) is 5.26. The van der Waals surface area contributed by atoms with Gasteiger partial charge in [0.05, 0.1) is 23.0 Å². The summed E-state index contributed by atoms with van der Waals surface area (Å²) in [7, 11) is 0. The van der Waals surface area contributed by atoms with Crippen molar-refractivity contribution in [3.63, 3.8) is 0 Å². The van der Waals surface area contributed by atoms with Gasteiger partial charge in [-0.05, 0) is 32.4 Å². The molecule has 5 heteroatoms. The number of benzene rings is 1. The van der Waals surface area contributed by atoms with Crippen molar-refractivity contribution in [2.24, 2.45) is 0 Å². The molecule has 0 saturated carbocycles. The van der Waals surface area contributed by atoms with Crippen LogP contribution in [0.1, 0.15) is 23.9 Å². The van der Waals surface area contributed by atoms with Gasteiger partial charge < -0.3 is 10.6 Å². The number of hydrogen-bond donors (Lipinski definition) is 1. The molecule has 1 aromatic carbocycles. The third-order valence-corrected chi connectivity index (χ3v) is 4.45. The average molecular weight is 291 g/mol. The van der Waals surface area contributed by atoms with Crippen molar-refractivity contribution in [1.82, 2.24) is 9.78 Å². The number of halogens is 1. The monoisotopic (exact) mass is 290 g/mol. The number of nitrogens with two attached hydrogens (primary N) is 1. The molecule has 0 bridgehead atoms. The lowest BCUT2D eigenvalue weighted by atomic mass is 10.1. The van der Waals surface area contributed by atoms with Crippen LogP contribution in [0.15, 0.2) is 18.2 Å². The normalized spacial score (nSPS) is 13.8. The molecule has 0 saturated heterocycles. The quantitative estimate of drug-likeness (QED) is 0.884. The first kappa shape index (κ1) is 13.3. The van der Waals surface area contributed by atoms with Crippen LogP contribution in [-0.4, -0.2) is 16.3 Å². The van der Waals surface area contributed by atoms with E-state index in [2.05, 4.69) is 23.0 Å². The Kier molecular flexibility index (Phi) is 3.34. The molecule has 1 aliphatic heterocycles. The second-order valence-corrected chi connectivity index (χ2v) is 5.56. The molecule has 2 N–H and O–H groups in total. The lowest BCUT2D eigenvalue weighted by Gasteiger charge is -2.20. The van der Waals surface area contributed by atoms with Crippen LogP contribution in [0.3, 0.4) is 0 Å². The molecule has 0 unspecified atom stereocenters. The first-order valence-electron chi connectivity index (χ1n) is 6.96. The summed E-state index contributed by atoms with van der Waals surface area (Å²) in [4.78, 5) is 2.33. The van der Waals surface area contributed by atoms with Crippen LogP contribution in [0.5, 0.6) is 0 Å². The zero-order valence-corrected chi connectivity index (χ0v) is 12.6. The van der Waals surface area contributed by atoms with E-state index < -0.39 is 0 Å². The molecule has 0 spiro atoms. The average Bonchev–Trinajstić information content (AvgIpc) is 2.96. The Labute approximate surface area is 124 Å². The number of fused-ring (bicyclic) bond motifs is 1. The van der Waals surface area contributed by atoms with E-state index in [0.29, 0.717) is 0 Å². The van der Waals surface area contributed by atoms with Gasteiger partial charge >= 0.3 is 0 Å². The van der Waals surface area contributed by atoms with E-state index in [4.69, 9.17) is 17.3 Å². The lowest BCUT2D eigenvalue weighted by Crippen LogP contribution is -2.22. The Balaban J connectivity index is 1.93. The van der Waals surface area contributed by atoms with Gasteiger partial charge in [-0.25, -0.2) is 0 Å². The zero-order valence-electron chi connectivity index (χ0n) is 11.9. The molecule has 1 aromatic heterocycles. The van der Waals surface area contributed by atoms with E-state index in [1.807, 2.05) is 23.7 Å². The first-order chi connectivity index (χ1) is 9.61. The molecule has 4 nitrogen and oxygen atoms in total. The maximum atomic E-state index is 6.39. The third kappa shape index (κ3) is 2.04. The van der Waals surface area contributed by atoms with Crippen molar-refractivity contribution in [2.45, 2.75) is 33.4 Å². The van der Waals surface area contributed by atoms with E-state index >= 15 is 0 Å². The van der Waals surface area contributed by atoms with Crippen molar-refractivity contribution >= 4 is 23.0 Å². The van der Waals surface area contributed by atoms with Crippen LogP contribution in [0, 0.1) is 6.92 Å². The van der Waals surface area contributed by atoms with E-state index in [9.17, 15) is 0 Å². The lowest BCUT2D eigenvalue weighted by molar-refractivity contribution is 0.609. The molecule has 2 aromatic rings. The molecule has 3 rings (SSSR count). The van der Waals surface area contributed by atoms with Crippen LogP contribution >= 0.6 is 11.6 Å². The van der Waals surface area contributed by atoms with Gasteiger partial charge in [0, 0.05) is 30.0 Å². The van der Waals surface area contributed by atoms with Crippen molar-refractivity contribution in [3.8, 4) is 0 Å². The highest BCUT2D eigenvalue weighted by Crippen LogP contribution is 2.34. The van der Waals surface area contributed by atoms with E-state index in [-0.39, 0.29) is 0 Å². The summed E-state index contributed by atoms with van der Waals surface area (Å²) in [6, 6.07) is 6.11. The second-order valence-electron chi connectivity index (χ2n) is 5.18. The third-order valence-electron chi connectivity index (χ3n) is 3.95. The zero-order chi connectivity index (χ0) is 14.3. The smallest absolute Gasteiger partial charge is 0.0865 e. The fraction of sp³-hybridized carbons (Fsp3) is 0.400. The molecule has 0 aliphatic carbocycles. The first-order valence-corrected chi connectivity index (χ1v) is 7.33. The number of nitrogens with zero attached hydrogens (tertiary/aromatic N) is 3. The maximum absolute atomic E-state index is 6.39. The van der Waals surface area contributed by atoms with Crippen LogP contribution in [0.25, 0.3) is 0 Å². The Morgan fingerprint density at radius 1 is 1.40 bits per heavy atom. The van der Waals surface area contributed by atoms with Gasteiger partial charge in [0.25, 0.3) is 0 Å². The summed E-state index contributed by atoms with van der Waals surface area (Å²) in [6.07, 6.45) is 0.999. The van der Waals surface area contributed by atoms with Gasteiger partial charge in [-0.2, -0.15) is 5.10 Å². The summed E-state index contributed by atoms with van der Waals surface area (Å²) in [6.45, 7) is 6.63. The van der Waals surface area contributed by atoms with Gasteiger partial charge in [-0.1, -0.05) is 17.7 Å². The summed E-state index contributed by atoms with van der Waals surface area (Å²) in [5.74, 6) is 0. The molecule has 106 valence electrons. The summed E-state index contributed by atoms with van der Waals surface area (Å²) >= 11 is 6.39. The number of aryl methyl sites for hydroxylation is 2. The van der Waals surface area contributed by atoms with Crippen molar-refractivity contribution < 1.29 is 0 Å². The number of anilines is 2. The standard InChI is InChI=1S/C15H19ClN4/c1-3-20-14(15(16)10(2)18-20)9-19-8-7-11-12(17)5-4-6-13(11)19/h4-6H,3,7-9,17H2,1-2H3. The molecule has 0 atom stereocenters. The summed E-state index contributed by atoms with van der Waals surface area (Å²) in [5.41, 5.74) is 11.4. The fourth-order valence-electron chi connectivity index (χ4n) is 2.89. The van der Waals surface area contributed by atoms with E-state index in [0.717, 1.165) is 48.2 Å². The van der Waals surface area contributed by atoms with Crippen molar-refractivity contribution in [3.05, 3.63) is 40.2 Å². The molecular formula is C15H19ClN4. The van der Waals surface area contributed by atoms with Crippen molar-refractivity contribution in [1.29, 1.82) is 0 Å². The molecular weight excluding hydrogens is 272 g/mol. The van der Waals surface area contributed by atoms with Crippen LogP contribution < -0.4 is 10.6 Å². The molecule has 1 aliphatic rings. The predicted octanol–water partition coefficient (Wildman–Crippen LogP) is 3.01. The van der Waals surface area contributed by atoms with Gasteiger partial charge in [-0.15, -0.1) is 0 Å². The minimum atomic E-state index is 0.782.